The fourth-order valence-corrected chi connectivity index (χ4v) is 4.00. The molecule has 0 fully saturated rings. The van der Waals surface area contributed by atoms with Crippen LogP contribution in [0.15, 0.2) is 53.1 Å². The normalized spacial score (nSPS) is 13.6. The Balaban J connectivity index is 1.18. The van der Waals surface area contributed by atoms with Crippen molar-refractivity contribution < 1.29 is 13.7 Å². The van der Waals surface area contributed by atoms with Gasteiger partial charge in [0.15, 0.2) is 0 Å². The predicted molar refractivity (Wildman–Crippen MR) is 110 cm³/mol. The second-order valence-corrected chi connectivity index (χ2v) is 7.57. The number of nitrogens with zero attached hydrogens (tertiary/aromatic N) is 3. The number of hydrogen-bond acceptors (Lipinski definition) is 4. The molecule has 0 atom stereocenters. The first-order valence-electron chi connectivity index (χ1n) is 10.1. The van der Waals surface area contributed by atoms with E-state index in [2.05, 4.69) is 27.3 Å². The SMILES string of the molecule is O=C(CCCc1nc(-c2ccc(F)cc2)no1)N1CCc2[nH]c3ccccc3c2C1. The lowest BCUT2D eigenvalue weighted by atomic mass is 10.0. The summed E-state index contributed by atoms with van der Waals surface area (Å²) in [4.78, 5) is 22.5. The van der Waals surface area contributed by atoms with Crippen LogP contribution >= 0.6 is 0 Å². The predicted octanol–water partition coefficient (Wildman–Crippen LogP) is 4.26. The van der Waals surface area contributed by atoms with Crippen molar-refractivity contribution in [3.05, 3.63) is 71.5 Å². The molecule has 0 bridgehead atoms. The van der Waals surface area contributed by atoms with Crippen molar-refractivity contribution in [2.24, 2.45) is 0 Å². The first-order valence-corrected chi connectivity index (χ1v) is 10.1. The van der Waals surface area contributed by atoms with Crippen LogP contribution in [0.25, 0.3) is 22.3 Å². The van der Waals surface area contributed by atoms with Gasteiger partial charge in [-0.3, -0.25) is 4.79 Å². The molecule has 0 saturated heterocycles. The van der Waals surface area contributed by atoms with Crippen LogP contribution in [0.4, 0.5) is 4.39 Å². The maximum Gasteiger partial charge on any atom is 0.226 e. The van der Waals surface area contributed by atoms with E-state index in [1.54, 1.807) is 12.1 Å². The second-order valence-electron chi connectivity index (χ2n) is 7.57. The number of fused-ring (bicyclic) bond motifs is 3. The van der Waals surface area contributed by atoms with Crippen LogP contribution in [0.5, 0.6) is 0 Å². The Morgan fingerprint density at radius 3 is 2.87 bits per heavy atom. The van der Waals surface area contributed by atoms with Crippen molar-refractivity contribution in [3.63, 3.8) is 0 Å². The summed E-state index contributed by atoms with van der Waals surface area (Å²) >= 11 is 0. The maximum absolute atomic E-state index is 13.0. The largest absolute Gasteiger partial charge is 0.358 e. The number of amides is 1. The monoisotopic (exact) mass is 404 g/mol. The Morgan fingerprint density at radius 1 is 1.17 bits per heavy atom. The minimum Gasteiger partial charge on any atom is -0.358 e. The summed E-state index contributed by atoms with van der Waals surface area (Å²) in [7, 11) is 0. The Labute approximate surface area is 172 Å². The molecule has 7 heteroatoms. The van der Waals surface area contributed by atoms with Gasteiger partial charge in [-0.25, -0.2) is 4.39 Å². The van der Waals surface area contributed by atoms with Crippen molar-refractivity contribution in [2.45, 2.75) is 32.2 Å². The van der Waals surface area contributed by atoms with E-state index in [0.29, 0.717) is 43.1 Å². The van der Waals surface area contributed by atoms with E-state index in [9.17, 15) is 9.18 Å². The van der Waals surface area contributed by atoms with Crippen molar-refractivity contribution in [3.8, 4) is 11.4 Å². The number of aromatic amines is 1. The minimum atomic E-state index is -0.307. The van der Waals surface area contributed by atoms with E-state index < -0.39 is 0 Å². The van der Waals surface area contributed by atoms with E-state index in [4.69, 9.17) is 4.52 Å². The number of para-hydroxylation sites is 1. The van der Waals surface area contributed by atoms with E-state index >= 15 is 0 Å². The van der Waals surface area contributed by atoms with Crippen LogP contribution in [-0.2, 0) is 24.2 Å². The Hall–Kier alpha value is -3.48. The molecular formula is C23H21FN4O2. The first-order chi connectivity index (χ1) is 14.7. The summed E-state index contributed by atoms with van der Waals surface area (Å²) in [6, 6.07) is 14.2. The van der Waals surface area contributed by atoms with Gasteiger partial charge in [0.05, 0.1) is 0 Å². The topological polar surface area (TPSA) is 75.0 Å². The van der Waals surface area contributed by atoms with E-state index in [1.807, 2.05) is 17.0 Å². The third kappa shape index (κ3) is 3.58. The van der Waals surface area contributed by atoms with Crippen molar-refractivity contribution in [1.29, 1.82) is 0 Å². The summed E-state index contributed by atoms with van der Waals surface area (Å²) in [6.45, 7) is 1.38. The van der Waals surface area contributed by atoms with Crippen LogP contribution in [0, 0.1) is 5.82 Å². The molecule has 1 aliphatic rings. The van der Waals surface area contributed by atoms with E-state index in [0.717, 1.165) is 18.5 Å². The van der Waals surface area contributed by atoms with Gasteiger partial charge >= 0.3 is 0 Å². The third-order valence-electron chi connectivity index (χ3n) is 5.59. The molecule has 152 valence electrons. The molecule has 0 spiro atoms. The molecule has 1 N–H and O–H groups in total. The van der Waals surface area contributed by atoms with E-state index in [-0.39, 0.29) is 11.7 Å². The van der Waals surface area contributed by atoms with Gasteiger partial charge in [-0.2, -0.15) is 4.98 Å². The lowest BCUT2D eigenvalue weighted by Gasteiger charge is -2.27. The summed E-state index contributed by atoms with van der Waals surface area (Å²) in [5.41, 5.74) is 4.29. The standard InChI is InChI=1S/C23H21FN4O2/c24-16-10-8-15(9-11-16)23-26-21(30-27-23)6-3-7-22(29)28-13-12-20-18(14-28)17-4-1-2-5-19(17)25-20/h1-2,4-5,8-11,25H,3,6-7,12-14H2. The maximum atomic E-state index is 13.0. The molecule has 1 amide bonds. The number of carbonyl (C=O) groups is 1. The van der Waals surface area contributed by atoms with E-state index in [1.165, 1.54) is 28.8 Å². The smallest absolute Gasteiger partial charge is 0.226 e. The Kier molecular flexibility index (Phi) is 4.78. The summed E-state index contributed by atoms with van der Waals surface area (Å²) in [5, 5.41) is 5.14. The van der Waals surface area contributed by atoms with Crippen LogP contribution in [0.1, 0.15) is 30.0 Å². The van der Waals surface area contributed by atoms with Gasteiger partial charge in [0.1, 0.15) is 5.82 Å². The lowest BCUT2D eigenvalue weighted by Crippen LogP contribution is -2.35. The zero-order valence-corrected chi connectivity index (χ0v) is 16.4. The molecule has 30 heavy (non-hydrogen) atoms. The van der Waals surface area contributed by atoms with Gasteiger partial charge in [0, 0.05) is 60.1 Å². The molecule has 3 heterocycles. The Morgan fingerprint density at radius 2 is 2.00 bits per heavy atom. The lowest BCUT2D eigenvalue weighted by molar-refractivity contribution is -0.132. The third-order valence-corrected chi connectivity index (χ3v) is 5.59. The number of hydrogen-bond donors (Lipinski definition) is 1. The molecule has 2 aromatic heterocycles. The number of nitrogens with one attached hydrogen (secondary N) is 1. The average Bonchev–Trinajstić information content (AvgIpc) is 3.38. The highest BCUT2D eigenvalue weighted by Crippen LogP contribution is 2.28. The highest BCUT2D eigenvalue weighted by Gasteiger charge is 2.23. The number of benzene rings is 2. The van der Waals surface area contributed by atoms with Crippen molar-refractivity contribution in [1.82, 2.24) is 20.0 Å². The van der Waals surface area contributed by atoms with Crippen molar-refractivity contribution >= 4 is 16.8 Å². The van der Waals surface area contributed by atoms with Crippen LogP contribution < -0.4 is 0 Å². The van der Waals surface area contributed by atoms with Gasteiger partial charge in [0.25, 0.3) is 0 Å². The fourth-order valence-electron chi connectivity index (χ4n) is 4.00. The fraction of sp³-hybridized carbons (Fsp3) is 0.261. The second kappa shape index (κ2) is 7.74. The van der Waals surface area contributed by atoms with Crippen LogP contribution in [-0.4, -0.2) is 32.5 Å². The van der Waals surface area contributed by atoms with Crippen LogP contribution in [0.2, 0.25) is 0 Å². The zero-order chi connectivity index (χ0) is 20.5. The summed E-state index contributed by atoms with van der Waals surface area (Å²) < 4.78 is 18.3. The molecule has 2 aromatic carbocycles. The average molecular weight is 404 g/mol. The molecule has 0 radical (unpaired) electrons. The summed E-state index contributed by atoms with van der Waals surface area (Å²) in [6.07, 6.45) is 2.46. The van der Waals surface area contributed by atoms with Gasteiger partial charge in [0.2, 0.25) is 17.6 Å². The number of carbonyl (C=O) groups excluding carboxylic acids is 1. The van der Waals surface area contributed by atoms with Gasteiger partial charge < -0.3 is 14.4 Å². The molecular weight excluding hydrogens is 383 g/mol. The molecule has 0 saturated carbocycles. The number of aryl methyl sites for hydroxylation is 1. The quantitative estimate of drug-likeness (QED) is 0.539. The first kappa shape index (κ1) is 18.5. The zero-order valence-electron chi connectivity index (χ0n) is 16.4. The van der Waals surface area contributed by atoms with Gasteiger partial charge in [-0.05, 0) is 36.8 Å². The number of halogens is 1. The van der Waals surface area contributed by atoms with Gasteiger partial charge in [-0.1, -0.05) is 23.4 Å². The number of aromatic nitrogens is 3. The molecule has 0 aliphatic carbocycles. The summed E-state index contributed by atoms with van der Waals surface area (Å²) in [5.74, 6) is 0.751. The molecule has 5 rings (SSSR count). The molecule has 1 aliphatic heterocycles. The molecule has 6 nitrogen and oxygen atoms in total. The number of rotatable bonds is 5. The molecule has 4 aromatic rings. The van der Waals surface area contributed by atoms with Crippen molar-refractivity contribution in [2.75, 3.05) is 6.54 Å². The minimum absolute atomic E-state index is 0.143. The number of H-pyrrole nitrogens is 1. The highest BCUT2D eigenvalue weighted by molar-refractivity contribution is 5.86. The molecule has 0 unspecified atom stereocenters. The highest BCUT2D eigenvalue weighted by atomic mass is 19.1. The Bertz CT molecular complexity index is 1200. The van der Waals surface area contributed by atoms with Gasteiger partial charge in [-0.15, -0.1) is 0 Å². The van der Waals surface area contributed by atoms with Crippen LogP contribution in [0.3, 0.4) is 0 Å².